The van der Waals surface area contributed by atoms with Crippen LogP contribution in [0.3, 0.4) is 0 Å². The molecular formula is C11H11N5O2. The third-order valence-electron chi connectivity index (χ3n) is 2.15. The third kappa shape index (κ3) is 2.70. The number of carbonyl (C=O) groups excluding carboxylic acids is 2. The minimum atomic E-state index is -0.526. The molecule has 0 saturated carbocycles. The Balaban J connectivity index is 1.92. The number of rotatable bonds is 2. The fourth-order valence-corrected chi connectivity index (χ4v) is 1.23. The van der Waals surface area contributed by atoms with Crippen molar-refractivity contribution in [2.24, 2.45) is 0 Å². The summed E-state index contributed by atoms with van der Waals surface area (Å²) >= 11 is 0. The Morgan fingerprint density at radius 1 is 1.17 bits per heavy atom. The summed E-state index contributed by atoms with van der Waals surface area (Å²) in [7, 11) is 0. The SMILES string of the molecule is Cc1cnc(C(=O)NNC(=O)c2ccc[nH]2)cn1. The van der Waals surface area contributed by atoms with Crippen LogP contribution in [0.2, 0.25) is 0 Å². The van der Waals surface area contributed by atoms with Crippen molar-refractivity contribution in [3.05, 3.63) is 47.8 Å². The van der Waals surface area contributed by atoms with Gasteiger partial charge in [0.05, 0.1) is 11.9 Å². The topological polar surface area (TPSA) is 99.8 Å². The van der Waals surface area contributed by atoms with Gasteiger partial charge in [-0.15, -0.1) is 0 Å². The van der Waals surface area contributed by atoms with Crippen molar-refractivity contribution in [2.45, 2.75) is 6.92 Å². The molecule has 0 spiro atoms. The summed E-state index contributed by atoms with van der Waals surface area (Å²) in [5.74, 6) is -0.962. The maximum Gasteiger partial charge on any atom is 0.289 e. The molecule has 0 radical (unpaired) electrons. The van der Waals surface area contributed by atoms with Crippen LogP contribution in [0.4, 0.5) is 0 Å². The molecule has 2 heterocycles. The van der Waals surface area contributed by atoms with Gasteiger partial charge < -0.3 is 4.98 Å². The van der Waals surface area contributed by atoms with Crippen molar-refractivity contribution >= 4 is 11.8 Å². The Labute approximate surface area is 103 Å². The molecule has 3 N–H and O–H groups in total. The Bertz CT molecular complexity index is 547. The number of hydrogen-bond acceptors (Lipinski definition) is 4. The number of aromatic amines is 1. The van der Waals surface area contributed by atoms with Crippen molar-refractivity contribution in [1.29, 1.82) is 0 Å². The van der Waals surface area contributed by atoms with Crippen molar-refractivity contribution in [3.63, 3.8) is 0 Å². The van der Waals surface area contributed by atoms with E-state index in [1.165, 1.54) is 12.4 Å². The molecule has 0 atom stereocenters. The quantitative estimate of drug-likeness (QED) is 0.657. The van der Waals surface area contributed by atoms with Crippen LogP contribution in [-0.2, 0) is 0 Å². The number of aromatic nitrogens is 3. The van der Waals surface area contributed by atoms with E-state index < -0.39 is 11.8 Å². The van der Waals surface area contributed by atoms with E-state index in [9.17, 15) is 9.59 Å². The van der Waals surface area contributed by atoms with Gasteiger partial charge in [0.2, 0.25) is 0 Å². The molecule has 0 unspecified atom stereocenters. The molecule has 7 nitrogen and oxygen atoms in total. The van der Waals surface area contributed by atoms with Gasteiger partial charge >= 0.3 is 0 Å². The number of H-pyrrole nitrogens is 1. The van der Waals surface area contributed by atoms with Crippen LogP contribution in [0.1, 0.15) is 26.7 Å². The predicted molar refractivity (Wildman–Crippen MR) is 62.5 cm³/mol. The van der Waals surface area contributed by atoms with Crippen LogP contribution in [0.25, 0.3) is 0 Å². The third-order valence-corrected chi connectivity index (χ3v) is 2.15. The summed E-state index contributed by atoms with van der Waals surface area (Å²) < 4.78 is 0. The normalized spacial score (nSPS) is 9.83. The summed E-state index contributed by atoms with van der Waals surface area (Å²) in [6.45, 7) is 1.77. The second-order valence-corrected chi connectivity index (χ2v) is 3.54. The van der Waals surface area contributed by atoms with Gasteiger partial charge in [-0.25, -0.2) is 4.98 Å². The molecule has 0 saturated heterocycles. The second-order valence-electron chi connectivity index (χ2n) is 3.54. The number of aryl methyl sites for hydroxylation is 1. The molecule has 2 rings (SSSR count). The molecule has 0 bridgehead atoms. The van der Waals surface area contributed by atoms with E-state index >= 15 is 0 Å². The average molecular weight is 245 g/mol. The van der Waals surface area contributed by atoms with Crippen molar-refractivity contribution in [2.75, 3.05) is 0 Å². The molecule has 2 aromatic heterocycles. The highest BCUT2D eigenvalue weighted by Crippen LogP contribution is 1.94. The van der Waals surface area contributed by atoms with Crippen LogP contribution in [0.15, 0.2) is 30.7 Å². The highest BCUT2D eigenvalue weighted by Gasteiger charge is 2.10. The Morgan fingerprint density at radius 3 is 2.56 bits per heavy atom. The van der Waals surface area contributed by atoms with Crippen molar-refractivity contribution < 1.29 is 9.59 Å². The van der Waals surface area contributed by atoms with E-state index in [-0.39, 0.29) is 5.69 Å². The summed E-state index contributed by atoms with van der Waals surface area (Å²) in [5, 5.41) is 0. The lowest BCUT2D eigenvalue weighted by Crippen LogP contribution is -2.42. The first kappa shape index (κ1) is 11.8. The average Bonchev–Trinajstić information content (AvgIpc) is 2.90. The van der Waals surface area contributed by atoms with Gasteiger partial charge in [0.25, 0.3) is 11.8 Å². The zero-order chi connectivity index (χ0) is 13.0. The second kappa shape index (κ2) is 5.09. The Morgan fingerprint density at radius 2 is 1.94 bits per heavy atom. The molecule has 0 aromatic carbocycles. The van der Waals surface area contributed by atoms with E-state index in [4.69, 9.17) is 0 Å². The van der Waals surface area contributed by atoms with Gasteiger partial charge in [0.15, 0.2) is 0 Å². The summed E-state index contributed by atoms with van der Waals surface area (Å²) in [6.07, 6.45) is 4.43. The van der Waals surface area contributed by atoms with Gasteiger partial charge in [0.1, 0.15) is 11.4 Å². The number of amides is 2. The first-order valence-electron chi connectivity index (χ1n) is 5.19. The zero-order valence-electron chi connectivity index (χ0n) is 9.60. The molecular weight excluding hydrogens is 234 g/mol. The van der Waals surface area contributed by atoms with Gasteiger partial charge in [0, 0.05) is 12.4 Å². The fraction of sp³-hybridized carbons (Fsp3) is 0.0909. The van der Waals surface area contributed by atoms with Crippen LogP contribution >= 0.6 is 0 Å². The summed E-state index contributed by atoms with van der Waals surface area (Å²) in [6, 6.07) is 3.27. The molecule has 2 amide bonds. The Kier molecular flexibility index (Phi) is 3.33. The molecule has 18 heavy (non-hydrogen) atoms. The van der Waals surface area contributed by atoms with Crippen LogP contribution in [-0.4, -0.2) is 26.8 Å². The van der Waals surface area contributed by atoms with E-state index in [2.05, 4.69) is 25.8 Å². The van der Waals surface area contributed by atoms with E-state index in [0.717, 1.165) is 0 Å². The minimum absolute atomic E-state index is 0.132. The largest absolute Gasteiger partial charge is 0.357 e. The van der Waals surface area contributed by atoms with Crippen LogP contribution in [0, 0.1) is 6.92 Å². The van der Waals surface area contributed by atoms with Crippen molar-refractivity contribution in [3.8, 4) is 0 Å². The van der Waals surface area contributed by atoms with Gasteiger partial charge in [-0.3, -0.25) is 25.4 Å². The summed E-state index contributed by atoms with van der Waals surface area (Å²) in [5.41, 5.74) is 5.70. The maximum absolute atomic E-state index is 11.6. The first-order valence-corrected chi connectivity index (χ1v) is 5.19. The smallest absolute Gasteiger partial charge is 0.289 e. The predicted octanol–water partition coefficient (Wildman–Crippen LogP) is 0.188. The number of nitrogens with zero attached hydrogens (tertiary/aromatic N) is 2. The van der Waals surface area contributed by atoms with Crippen LogP contribution < -0.4 is 10.9 Å². The fourth-order valence-electron chi connectivity index (χ4n) is 1.23. The highest BCUT2D eigenvalue weighted by molar-refractivity contribution is 5.97. The first-order chi connectivity index (χ1) is 8.66. The lowest BCUT2D eigenvalue weighted by molar-refractivity contribution is 0.0841. The van der Waals surface area contributed by atoms with Gasteiger partial charge in [-0.05, 0) is 19.1 Å². The summed E-state index contributed by atoms with van der Waals surface area (Å²) in [4.78, 5) is 33.6. The van der Waals surface area contributed by atoms with Gasteiger partial charge in [-0.1, -0.05) is 0 Å². The molecule has 7 heteroatoms. The molecule has 92 valence electrons. The van der Waals surface area contributed by atoms with Gasteiger partial charge in [-0.2, -0.15) is 0 Å². The number of nitrogens with one attached hydrogen (secondary N) is 3. The Hall–Kier alpha value is -2.70. The molecule has 2 aromatic rings. The lowest BCUT2D eigenvalue weighted by atomic mass is 10.4. The lowest BCUT2D eigenvalue weighted by Gasteiger charge is -2.05. The van der Waals surface area contributed by atoms with Crippen LogP contribution in [0.5, 0.6) is 0 Å². The molecule has 0 aliphatic heterocycles. The van der Waals surface area contributed by atoms with E-state index in [1.54, 1.807) is 25.3 Å². The van der Waals surface area contributed by atoms with E-state index in [1.807, 2.05) is 0 Å². The van der Waals surface area contributed by atoms with E-state index in [0.29, 0.717) is 11.4 Å². The minimum Gasteiger partial charge on any atom is -0.357 e. The number of hydrazine groups is 1. The molecule has 0 fully saturated rings. The number of hydrogen-bond donors (Lipinski definition) is 3. The standard InChI is InChI=1S/C11H11N5O2/c1-7-5-14-9(6-13-7)11(18)16-15-10(17)8-3-2-4-12-8/h2-6,12H,1H3,(H,15,17)(H,16,18). The number of carbonyl (C=O) groups is 2. The maximum atomic E-state index is 11.6. The highest BCUT2D eigenvalue weighted by atomic mass is 16.2. The molecule has 0 aliphatic carbocycles. The molecule has 0 aliphatic rings. The van der Waals surface area contributed by atoms with Crippen molar-refractivity contribution in [1.82, 2.24) is 25.8 Å². The monoisotopic (exact) mass is 245 g/mol. The zero-order valence-corrected chi connectivity index (χ0v) is 9.60.